The largest absolute Gasteiger partial charge is 0.379 e. The lowest BCUT2D eigenvalue weighted by Crippen LogP contribution is -2.55. The smallest absolute Gasteiger partial charge is 0.273 e. The van der Waals surface area contributed by atoms with Crippen LogP contribution in [0.25, 0.3) is 0 Å². The molecule has 1 N–H and O–H groups in total. The molecule has 8 heteroatoms. The molecule has 2 aliphatic rings. The highest BCUT2D eigenvalue weighted by Crippen LogP contribution is 2.16. The highest BCUT2D eigenvalue weighted by molar-refractivity contribution is 5.91. The lowest BCUT2D eigenvalue weighted by atomic mass is 10.0. The molecule has 134 valence electrons. The van der Waals surface area contributed by atoms with Gasteiger partial charge in [-0.05, 0) is 26.7 Å². The summed E-state index contributed by atoms with van der Waals surface area (Å²) >= 11 is 0. The number of ether oxygens (including phenoxy) is 2. The third kappa shape index (κ3) is 4.31. The number of amides is 1. The van der Waals surface area contributed by atoms with Crippen molar-refractivity contribution in [1.29, 1.82) is 0 Å². The number of nitrogens with one attached hydrogen (secondary N) is 1. The van der Waals surface area contributed by atoms with E-state index in [0.717, 1.165) is 45.8 Å². The standard InChI is InChI=1S/C16H27N5O3/c1-16(2,20-5-8-23-9-6-20)12-17-15(22)14-11-21(19-18-14)10-13-4-3-7-24-13/h11,13H,3-10,12H2,1-2H3,(H,17,22)/t13-/m0/s1. The molecule has 0 radical (unpaired) electrons. The monoisotopic (exact) mass is 337 g/mol. The van der Waals surface area contributed by atoms with Crippen molar-refractivity contribution >= 4 is 5.91 Å². The third-order valence-electron chi connectivity index (χ3n) is 4.73. The van der Waals surface area contributed by atoms with E-state index in [1.807, 2.05) is 0 Å². The maximum atomic E-state index is 12.3. The van der Waals surface area contributed by atoms with Crippen molar-refractivity contribution in [2.45, 2.75) is 44.9 Å². The molecule has 3 rings (SSSR count). The van der Waals surface area contributed by atoms with Gasteiger partial charge in [0, 0.05) is 31.8 Å². The van der Waals surface area contributed by atoms with Crippen molar-refractivity contribution in [3.8, 4) is 0 Å². The molecule has 1 amide bonds. The number of hydrogen-bond acceptors (Lipinski definition) is 6. The van der Waals surface area contributed by atoms with Crippen LogP contribution in [0.15, 0.2) is 6.20 Å². The van der Waals surface area contributed by atoms with Crippen LogP contribution in [0.5, 0.6) is 0 Å². The van der Waals surface area contributed by atoms with Crippen LogP contribution in [0.1, 0.15) is 37.2 Å². The first-order valence-electron chi connectivity index (χ1n) is 8.67. The van der Waals surface area contributed by atoms with E-state index in [9.17, 15) is 4.79 Å². The molecule has 24 heavy (non-hydrogen) atoms. The van der Waals surface area contributed by atoms with Gasteiger partial charge in [-0.1, -0.05) is 5.21 Å². The summed E-state index contributed by atoms with van der Waals surface area (Å²) in [6.07, 6.45) is 4.00. The van der Waals surface area contributed by atoms with E-state index < -0.39 is 0 Å². The van der Waals surface area contributed by atoms with Gasteiger partial charge in [-0.3, -0.25) is 9.69 Å². The Labute approximate surface area is 142 Å². The van der Waals surface area contributed by atoms with Gasteiger partial charge in [0.15, 0.2) is 5.69 Å². The molecule has 0 unspecified atom stereocenters. The van der Waals surface area contributed by atoms with E-state index in [0.29, 0.717) is 18.8 Å². The summed E-state index contributed by atoms with van der Waals surface area (Å²) < 4.78 is 12.7. The average Bonchev–Trinajstić information content (AvgIpc) is 3.26. The Morgan fingerprint density at radius 3 is 2.88 bits per heavy atom. The van der Waals surface area contributed by atoms with Crippen LogP contribution in [0, 0.1) is 0 Å². The third-order valence-corrected chi connectivity index (χ3v) is 4.73. The molecule has 0 aliphatic carbocycles. The SMILES string of the molecule is CC(C)(CNC(=O)c1cn(C[C@@H]2CCCO2)nn1)N1CCOCC1. The topological polar surface area (TPSA) is 81.5 Å². The summed E-state index contributed by atoms with van der Waals surface area (Å²) in [7, 11) is 0. The molecule has 1 aromatic rings. The Bertz CT molecular complexity index is 548. The highest BCUT2D eigenvalue weighted by atomic mass is 16.5. The van der Waals surface area contributed by atoms with E-state index in [1.165, 1.54) is 0 Å². The number of rotatable bonds is 6. The van der Waals surface area contributed by atoms with Gasteiger partial charge in [-0.2, -0.15) is 0 Å². The number of nitrogens with zero attached hydrogens (tertiary/aromatic N) is 4. The number of carbonyl (C=O) groups excluding carboxylic acids is 1. The molecule has 0 aromatic carbocycles. The van der Waals surface area contributed by atoms with Crippen molar-refractivity contribution in [1.82, 2.24) is 25.2 Å². The molecule has 0 saturated carbocycles. The van der Waals surface area contributed by atoms with Crippen molar-refractivity contribution in [3.63, 3.8) is 0 Å². The van der Waals surface area contributed by atoms with Gasteiger partial charge >= 0.3 is 0 Å². The van der Waals surface area contributed by atoms with E-state index >= 15 is 0 Å². The zero-order valence-corrected chi connectivity index (χ0v) is 14.5. The zero-order chi connectivity index (χ0) is 17.0. The van der Waals surface area contributed by atoms with Gasteiger partial charge in [0.05, 0.1) is 32.1 Å². The lowest BCUT2D eigenvalue weighted by molar-refractivity contribution is -0.00924. The molecule has 1 aromatic heterocycles. The first-order chi connectivity index (χ1) is 11.5. The molecular weight excluding hydrogens is 310 g/mol. The molecule has 2 aliphatic heterocycles. The van der Waals surface area contributed by atoms with E-state index in [1.54, 1.807) is 10.9 Å². The number of morpholine rings is 1. The number of carbonyl (C=O) groups is 1. The summed E-state index contributed by atoms with van der Waals surface area (Å²) in [6, 6.07) is 0. The minimum atomic E-state index is -0.185. The predicted molar refractivity (Wildman–Crippen MR) is 87.8 cm³/mol. The first-order valence-corrected chi connectivity index (χ1v) is 8.67. The first kappa shape index (κ1) is 17.3. The normalized spacial score (nSPS) is 22.7. The van der Waals surface area contributed by atoms with Crippen molar-refractivity contribution in [2.75, 3.05) is 39.5 Å². The zero-order valence-electron chi connectivity index (χ0n) is 14.5. The molecule has 2 saturated heterocycles. The Morgan fingerprint density at radius 2 is 2.17 bits per heavy atom. The summed E-state index contributed by atoms with van der Waals surface area (Å²) in [4.78, 5) is 14.7. The van der Waals surface area contributed by atoms with Gasteiger partial charge in [0.25, 0.3) is 5.91 Å². The molecule has 0 bridgehead atoms. The van der Waals surface area contributed by atoms with Crippen molar-refractivity contribution in [2.24, 2.45) is 0 Å². The van der Waals surface area contributed by atoms with Crippen LogP contribution in [-0.2, 0) is 16.0 Å². The average molecular weight is 337 g/mol. The van der Waals surface area contributed by atoms with Crippen LogP contribution in [-0.4, -0.2) is 76.9 Å². The Kier molecular flexibility index (Phi) is 5.47. The van der Waals surface area contributed by atoms with E-state index in [4.69, 9.17) is 9.47 Å². The predicted octanol–water partition coefficient (Wildman–Crippen LogP) is 0.298. The Hall–Kier alpha value is -1.51. The second-order valence-corrected chi connectivity index (χ2v) is 7.06. The lowest BCUT2D eigenvalue weighted by Gasteiger charge is -2.40. The maximum absolute atomic E-state index is 12.3. The van der Waals surface area contributed by atoms with Gasteiger partial charge in [-0.15, -0.1) is 5.10 Å². The summed E-state index contributed by atoms with van der Waals surface area (Å²) in [6.45, 7) is 9.55. The molecule has 1 atom stereocenters. The van der Waals surface area contributed by atoms with Crippen LogP contribution in [0.3, 0.4) is 0 Å². The molecular formula is C16H27N5O3. The van der Waals surface area contributed by atoms with Gasteiger partial charge in [-0.25, -0.2) is 4.68 Å². The minimum absolute atomic E-state index is 0.118. The second kappa shape index (κ2) is 7.58. The summed E-state index contributed by atoms with van der Waals surface area (Å²) in [5.41, 5.74) is 0.235. The Balaban J connectivity index is 1.50. The van der Waals surface area contributed by atoms with Crippen LogP contribution < -0.4 is 5.32 Å². The van der Waals surface area contributed by atoms with Crippen LogP contribution >= 0.6 is 0 Å². The fourth-order valence-corrected chi connectivity index (χ4v) is 3.16. The quantitative estimate of drug-likeness (QED) is 0.804. The van der Waals surface area contributed by atoms with Gasteiger partial charge < -0.3 is 14.8 Å². The van der Waals surface area contributed by atoms with Crippen molar-refractivity contribution < 1.29 is 14.3 Å². The fraction of sp³-hybridized carbons (Fsp3) is 0.812. The van der Waals surface area contributed by atoms with E-state index in [2.05, 4.69) is 34.4 Å². The molecule has 8 nitrogen and oxygen atoms in total. The number of hydrogen-bond donors (Lipinski definition) is 1. The minimum Gasteiger partial charge on any atom is -0.379 e. The summed E-state index contributed by atoms with van der Waals surface area (Å²) in [5, 5.41) is 11.0. The second-order valence-electron chi connectivity index (χ2n) is 7.06. The maximum Gasteiger partial charge on any atom is 0.273 e. The van der Waals surface area contributed by atoms with E-state index in [-0.39, 0.29) is 17.6 Å². The highest BCUT2D eigenvalue weighted by Gasteiger charge is 2.29. The van der Waals surface area contributed by atoms with Gasteiger partial charge in [0.2, 0.25) is 0 Å². The molecule has 2 fully saturated rings. The molecule has 3 heterocycles. The van der Waals surface area contributed by atoms with Crippen LogP contribution in [0.4, 0.5) is 0 Å². The molecule has 0 spiro atoms. The number of aromatic nitrogens is 3. The summed E-state index contributed by atoms with van der Waals surface area (Å²) in [5.74, 6) is -0.185. The fourth-order valence-electron chi connectivity index (χ4n) is 3.16. The van der Waals surface area contributed by atoms with Crippen LogP contribution in [0.2, 0.25) is 0 Å². The Morgan fingerprint density at radius 1 is 1.38 bits per heavy atom. The van der Waals surface area contributed by atoms with Gasteiger partial charge in [0.1, 0.15) is 0 Å². The van der Waals surface area contributed by atoms with Crippen molar-refractivity contribution in [3.05, 3.63) is 11.9 Å².